The summed E-state index contributed by atoms with van der Waals surface area (Å²) in [5.74, 6) is -4.81. The van der Waals surface area contributed by atoms with Crippen molar-refractivity contribution in [2.45, 2.75) is 32.0 Å². The highest BCUT2D eigenvalue weighted by molar-refractivity contribution is 6.32. The molecule has 0 spiro atoms. The number of ether oxygens (including phenoxy) is 3. The molecule has 0 aliphatic heterocycles. The number of halogens is 5. The van der Waals surface area contributed by atoms with Crippen molar-refractivity contribution in [1.29, 1.82) is 0 Å². The van der Waals surface area contributed by atoms with Gasteiger partial charge in [0.1, 0.15) is 17.9 Å². The molecule has 0 radical (unpaired) electrons. The van der Waals surface area contributed by atoms with Crippen LogP contribution in [0.5, 0.6) is 11.5 Å². The SMILES string of the molecule is C=CCOC(=O)C(CCC)OC(=O)c1cc(Oc2c(F)cc(C(F)(F)F)cc2Cl)ccc1[N+](=O)[O-]. The zero-order valence-corrected chi connectivity index (χ0v) is 18.8. The minimum Gasteiger partial charge on any atom is -0.459 e. The first-order chi connectivity index (χ1) is 16.4. The van der Waals surface area contributed by atoms with Crippen LogP contribution in [-0.4, -0.2) is 29.6 Å². The summed E-state index contributed by atoms with van der Waals surface area (Å²) in [4.78, 5) is 35.3. The Bertz CT molecular complexity index is 1110. The number of carbonyl (C=O) groups excluding carboxylic acids is 2. The van der Waals surface area contributed by atoms with Crippen molar-refractivity contribution < 1.29 is 46.3 Å². The Morgan fingerprint density at radius 3 is 2.49 bits per heavy atom. The van der Waals surface area contributed by atoms with Crippen molar-refractivity contribution in [1.82, 2.24) is 0 Å². The van der Waals surface area contributed by atoms with Gasteiger partial charge >= 0.3 is 18.1 Å². The number of hydrogen-bond acceptors (Lipinski definition) is 7. The fourth-order valence-electron chi connectivity index (χ4n) is 2.75. The molecule has 0 N–H and O–H groups in total. The number of nitrogens with zero attached hydrogens (tertiary/aromatic N) is 1. The van der Waals surface area contributed by atoms with Gasteiger partial charge in [-0.1, -0.05) is 37.6 Å². The maximum Gasteiger partial charge on any atom is 0.416 e. The van der Waals surface area contributed by atoms with E-state index in [0.717, 1.165) is 18.2 Å². The van der Waals surface area contributed by atoms with E-state index < -0.39 is 62.5 Å². The highest BCUT2D eigenvalue weighted by Gasteiger charge is 2.33. The van der Waals surface area contributed by atoms with Crippen molar-refractivity contribution in [3.8, 4) is 11.5 Å². The number of nitro groups is 1. The third-order valence-corrected chi connectivity index (χ3v) is 4.62. The van der Waals surface area contributed by atoms with Crippen molar-refractivity contribution in [3.63, 3.8) is 0 Å². The average Bonchev–Trinajstić information content (AvgIpc) is 2.78. The van der Waals surface area contributed by atoms with Crippen molar-refractivity contribution in [3.05, 3.63) is 75.1 Å². The summed E-state index contributed by atoms with van der Waals surface area (Å²) in [7, 11) is 0. The van der Waals surface area contributed by atoms with E-state index in [1.807, 2.05) is 0 Å². The van der Waals surface area contributed by atoms with Gasteiger partial charge in [0.05, 0.1) is 15.5 Å². The summed E-state index contributed by atoms with van der Waals surface area (Å²) in [6.45, 7) is 4.93. The zero-order valence-electron chi connectivity index (χ0n) is 18.1. The van der Waals surface area contributed by atoms with Crippen molar-refractivity contribution in [2.75, 3.05) is 6.61 Å². The molecule has 0 aromatic heterocycles. The predicted octanol–water partition coefficient (Wildman–Crippen LogP) is 6.25. The Balaban J connectivity index is 2.39. The molecule has 0 fully saturated rings. The summed E-state index contributed by atoms with van der Waals surface area (Å²) in [5, 5.41) is 10.7. The van der Waals surface area contributed by atoms with Crippen LogP contribution in [0.15, 0.2) is 43.0 Å². The molecule has 1 atom stereocenters. The Morgan fingerprint density at radius 1 is 1.26 bits per heavy atom. The first-order valence-electron chi connectivity index (χ1n) is 9.90. The average molecular weight is 520 g/mol. The van der Waals surface area contributed by atoms with Crippen LogP contribution in [0.3, 0.4) is 0 Å². The monoisotopic (exact) mass is 519 g/mol. The number of carbonyl (C=O) groups is 2. The van der Waals surface area contributed by atoms with Crippen LogP contribution < -0.4 is 4.74 Å². The smallest absolute Gasteiger partial charge is 0.416 e. The molecule has 0 aliphatic rings. The molecule has 2 aromatic rings. The van der Waals surface area contributed by atoms with Gasteiger partial charge in [0, 0.05) is 12.1 Å². The highest BCUT2D eigenvalue weighted by atomic mass is 35.5. The second-order valence-electron chi connectivity index (χ2n) is 6.91. The molecule has 0 bridgehead atoms. The van der Waals surface area contributed by atoms with Crippen LogP contribution in [0.2, 0.25) is 5.02 Å². The second-order valence-corrected chi connectivity index (χ2v) is 7.31. The van der Waals surface area contributed by atoms with Gasteiger partial charge in [0.15, 0.2) is 17.7 Å². The van der Waals surface area contributed by atoms with E-state index in [0.29, 0.717) is 12.5 Å². The Labute approximate surface area is 201 Å². The lowest BCUT2D eigenvalue weighted by molar-refractivity contribution is -0.385. The predicted molar refractivity (Wildman–Crippen MR) is 115 cm³/mol. The van der Waals surface area contributed by atoms with Gasteiger partial charge < -0.3 is 14.2 Å². The lowest BCUT2D eigenvalue weighted by Crippen LogP contribution is -2.29. The summed E-state index contributed by atoms with van der Waals surface area (Å²) in [6.07, 6.45) is -4.50. The number of esters is 2. The van der Waals surface area contributed by atoms with Gasteiger partial charge in [-0.25, -0.2) is 14.0 Å². The number of hydrogen-bond donors (Lipinski definition) is 0. The molecule has 2 aromatic carbocycles. The molecule has 0 saturated carbocycles. The topological polar surface area (TPSA) is 105 Å². The van der Waals surface area contributed by atoms with Gasteiger partial charge in [-0.05, 0) is 24.6 Å². The third-order valence-electron chi connectivity index (χ3n) is 4.34. The molecule has 0 aliphatic carbocycles. The minimum atomic E-state index is -4.87. The summed E-state index contributed by atoms with van der Waals surface area (Å²) in [5.41, 5.74) is -2.74. The van der Waals surface area contributed by atoms with Crippen LogP contribution in [0.1, 0.15) is 35.7 Å². The molecule has 0 saturated heterocycles. The number of benzene rings is 2. The van der Waals surface area contributed by atoms with Crippen LogP contribution in [-0.2, 0) is 20.4 Å². The van der Waals surface area contributed by atoms with Gasteiger partial charge in [-0.15, -0.1) is 0 Å². The van der Waals surface area contributed by atoms with Crippen molar-refractivity contribution in [2.24, 2.45) is 0 Å². The normalized spacial score (nSPS) is 11.9. The maximum atomic E-state index is 14.3. The molecule has 35 heavy (non-hydrogen) atoms. The van der Waals surface area contributed by atoms with E-state index in [1.54, 1.807) is 6.92 Å². The molecule has 188 valence electrons. The van der Waals surface area contributed by atoms with E-state index in [4.69, 9.17) is 25.8 Å². The molecule has 8 nitrogen and oxygen atoms in total. The van der Waals surface area contributed by atoms with Crippen molar-refractivity contribution >= 4 is 29.2 Å². The quantitative estimate of drug-likeness (QED) is 0.120. The Kier molecular flexibility index (Phi) is 9.18. The Hall–Kier alpha value is -3.67. The van der Waals surface area contributed by atoms with E-state index in [9.17, 15) is 37.3 Å². The lowest BCUT2D eigenvalue weighted by Gasteiger charge is -2.16. The van der Waals surface area contributed by atoms with E-state index in [-0.39, 0.29) is 24.8 Å². The maximum absolute atomic E-state index is 14.3. The van der Waals surface area contributed by atoms with Crippen LogP contribution in [0, 0.1) is 15.9 Å². The fourth-order valence-corrected chi connectivity index (χ4v) is 3.00. The molecule has 1 unspecified atom stereocenters. The lowest BCUT2D eigenvalue weighted by atomic mass is 10.1. The molecule has 2 rings (SSSR count). The first-order valence-corrected chi connectivity index (χ1v) is 10.3. The molecule has 0 heterocycles. The Morgan fingerprint density at radius 2 is 1.94 bits per heavy atom. The minimum absolute atomic E-state index is 0.0536. The van der Waals surface area contributed by atoms with E-state index in [1.165, 1.54) is 6.08 Å². The zero-order chi connectivity index (χ0) is 26.3. The highest BCUT2D eigenvalue weighted by Crippen LogP contribution is 2.39. The van der Waals surface area contributed by atoms with Gasteiger partial charge in [0.2, 0.25) is 0 Å². The van der Waals surface area contributed by atoms with Crippen LogP contribution >= 0.6 is 11.6 Å². The molecular weight excluding hydrogens is 502 g/mol. The summed E-state index contributed by atoms with van der Waals surface area (Å²) < 4.78 is 67.9. The number of rotatable bonds is 10. The summed E-state index contributed by atoms with van der Waals surface area (Å²) in [6, 6.07) is 3.22. The van der Waals surface area contributed by atoms with E-state index in [2.05, 4.69) is 6.58 Å². The van der Waals surface area contributed by atoms with Crippen LogP contribution in [0.4, 0.5) is 23.2 Å². The van der Waals surface area contributed by atoms with Gasteiger partial charge in [-0.3, -0.25) is 10.1 Å². The third kappa shape index (κ3) is 7.15. The standard InChI is InChI=1S/C22H18ClF4NO7/c1-3-5-18(21(30)33-8-4-2)35-20(29)14-11-13(6-7-17(14)28(31)32)34-19-15(23)9-12(10-16(19)24)22(25,26)27/h4,6-7,9-11,18H,2-3,5,8H2,1H3. The molecule has 13 heteroatoms. The van der Waals surface area contributed by atoms with Gasteiger partial charge in [0.25, 0.3) is 5.69 Å². The largest absolute Gasteiger partial charge is 0.459 e. The fraction of sp³-hybridized carbons (Fsp3) is 0.273. The molecular formula is C22H18ClF4NO7. The summed E-state index contributed by atoms with van der Waals surface area (Å²) >= 11 is 5.73. The number of nitro benzene ring substituents is 1. The van der Waals surface area contributed by atoms with Gasteiger partial charge in [-0.2, -0.15) is 13.2 Å². The van der Waals surface area contributed by atoms with Crippen LogP contribution in [0.25, 0.3) is 0 Å². The number of alkyl halides is 3. The van der Waals surface area contributed by atoms with E-state index >= 15 is 0 Å². The molecule has 0 amide bonds. The first kappa shape index (κ1) is 27.6. The second kappa shape index (κ2) is 11.6.